The number of urea groups is 1. The largest absolute Gasteiger partial charge is 0.461 e. The number of carbonyl (C=O) groups excluding carboxylic acids is 7. The topological polar surface area (TPSA) is 206 Å². The van der Waals surface area contributed by atoms with Gasteiger partial charge in [0.15, 0.2) is 0 Å². The summed E-state index contributed by atoms with van der Waals surface area (Å²) >= 11 is 0. The van der Waals surface area contributed by atoms with Crippen LogP contribution in [0.5, 0.6) is 0 Å². The Morgan fingerprint density at radius 1 is 0.951 bits per heavy atom. The molecule has 0 bridgehead atoms. The van der Waals surface area contributed by atoms with E-state index < -0.39 is 60.1 Å². The summed E-state index contributed by atoms with van der Waals surface area (Å²) in [4.78, 5) is 85.5. The van der Waals surface area contributed by atoms with Crippen LogP contribution in [0.25, 0.3) is 0 Å². The van der Waals surface area contributed by atoms with E-state index in [2.05, 4.69) is 21.3 Å². The molecule has 41 heavy (non-hydrogen) atoms. The summed E-state index contributed by atoms with van der Waals surface area (Å²) in [5.41, 5.74) is 6.24. The lowest BCUT2D eigenvalue weighted by Crippen LogP contribution is -2.56. The van der Waals surface area contributed by atoms with Crippen molar-refractivity contribution in [2.24, 2.45) is 11.7 Å². The number of nitrogens with two attached hydrogens (primary N) is 1. The molecule has 6 N–H and O–H groups in total. The SMILES string of the molecule is CCC(=O)OCc1ccc(NC(=O)[C@@H](CCCNC(N)=O)NC(=O)[C@H](NC(=O)CN2C(=O)C=CC2=O)C(C)C)cc1. The third-order valence-corrected chi connectivity index (χ3v) is 5.98. The average Bonchev–Trinajstić information content (AvgIpc) is 3.24. The number of ether oxygens (including phenoxy) is 1. The molecule has 1 heterocycles. The van der Waals surface area contributed by atoms with Gasteiger partial charge in [0.1, 0.15) is 25.2 Å². The maximum absolute atomic E-state index is 13.2. The lowest BCUT2D eigenvalue weighted by molar-refractivity contribution is -0.144. The number of esters is 1. The number of hydrogen-bond donors (Lipinski definition) is 5. The van der Waals surface area contributed by atoms with Gasteiger partial charge in [-0.1, -0.05) is 32.9 Å². The smallest absolute Gasteiger partial charge is 0.312 e. The molecule has 0 radical (unpaired) electrons. The van der Waals surface area contributed by atoms with Crippen LogP contribution in [0.1, 0.15) is 45.6 Å². The highest BCUT2D eigenvalue weighted by Crippen LogP contribution is 2.13. The van der Waals surface area contributed by atoms with Crippen LogP contribution in [-0.2, 0) is 40.1 Å². The summed E-state index contributed by atoms with van der Waals surface area (Å²) in [6.07, 6.45) is 2.78. The number of primary amides is 1. The van der Waals surface area contributed by atoms with E-state index in [4.69, 9.17) is 10.5 Å². The van der Waals surface area contributed by atoms with E-state index in [-0.39, 0.29) is 32.0 Å². The van der Waals surface area contributed by atoms with Crippen molar-refractivity contribution < 1.29 is 38.3 Å². The van der Waals surface area contributed by atoms with Crippen LogP contribution in [0.15, 0.2) is 36.4 Å². The monoisotopic (exact) mass is 572 g/mol. The Hall–Kier alpha value is -4.75. The number of carbonyl (C=O) groups is 7. The lowest BCUT2D eigenvalue weighted by atomic mass is 10.0. The Labute approximate surface area is 237 Å². The van der Waals surface area contributed by atoms with E-state index in [0.29, 0.717) is 12.1 Å². The van der Waals surface area contributed by atoms with E-state index in [9.17, 15) is 33.6 Å². The summed E-state index contributed by atoms with van der Waals surface area (Å²) < 4.78 is 5.09. The van der Waals surface area contributed by atoms with Gasteiger partial charge >= 0.3 is 12.0 Å². The number of imide groups is 1. The Balaban J connectivity index is 2.07. The molecule has 0 spiro atoms. The number of benzene rings is 1. The van der Waals surface area contributed by atoms with Crippen LogP contribution in [0, 0.1) is 5.92 Å². The molecule has 0 fully saturated rings. The van der Waals surface area contributed by atoms with Crippen molar-refractivity contribution in [1.82, 2.24) is 20.9 Å². The van der Waals surface area contributed by atoms with Gasteiger partial charge in [-0.25, -0.2) is 4.79 Å². The minimum Gasteiger partial charge on any atom is -0.461 e. The van der Waals surface area contributed by atoms with Crippen LogP contribution in [0.3, 0.4) is 0 Å². The average molecular weight is 573 g/mol. The molecule has 7 amide bonds. The summed E-state index contributed by atoms with van der Waals surface area (Å²) in [7, 11) is 0. The molecular weight excluding hydrogens is 536 g/mol. The molecule has 0 aliphatic carbocycles. The number of rotatable bonds is 15. The molecule has 1 aromatic carbocycles. The van der Waals surface area contributed by atoms with Crippen molar-refractivity contribution in [2.45, 2.75) is 58.7 Å². The number of hydrogen-bond acceptors (Lipinski definition) is 8. The second kappa shape index (κ2) is 15.7. The first-order valence-corrected chi connectivity index (χ1v) is 13.1. The molecule has 0 aromatic heterocycles. The highest BCUT2D eigenvalue weighted by Gasteiger charge is 2.31. The van der Waals surface area contributed by atoms with E-state index >= 15 is 0 Å². The van der Waals surface area contributed by atoms with Crippen LogP contribution >= 0.6 is 0 Å². The fourth-order valence-electron chi connectivity index (χ4n) is 3.71. The van der Waals surface area contributed by atoms with Crippen LogP contribution in [0.4, 0.5) is 10.5 Å². The summed E-state index contributed by atoms with van der Waals surface area (Å²) in [5.74, 6) is -3.92. The fourth-order valence-corrected chi connectivity index (χ4v) is 3.71. The van der Waals surface area contributed by atoms with Crippen LogP contribution in [-0.4, -0.2) is 71.6 Å². The number of anilines is 1. The standard InChI is InChI=1S/C27H36N6O8/c1-4-23(37)41-15-17-7-9-18(10-8-17)30-25(38)19(6-5-13-29-27(28)40)31-26(39)24(16(2)3)32-20(34)14-33-21(35)11-12-22(33)36/h7-12,16,19,24H,4-6,13-15H2,1-3H3,(H,30,38)(H,31,39)(H,32,34)(H3,28,29,40)/t19-,24-/m1/s1. The summed E-state index contributed by atoms with van der Waals surface area (Å²) in [5, 5.41) is 10.3. The zero-order chi connectivity index (χ0) is 30.5. The van der Waals surface area contributed by atoms with Crippen LogP contribution < -0.4 is 27.0 Å². The first-order chi connectivity index (χ1) is 19.4. The van der Waals surface area contributed by atoms with Gasteiger partial charge in [-0.3, -0.25) is 33.7 Å². The third-order valence-electron chi connectivity index (χ3n) is 5.98. The van der Waals surface area contributed by atoms with E-state index in [1.807, 2.05) is 0 Å². The summed E-state index contributed by atoms with van der Waals surface area (Å²) in [6.45, 7) is 4.75. The van der Waals surface area contributed by atoms with Gasteiger partial charge < -0.3 is 31.7 Å². The molecule has 2 rings (SSSR count). The van der Waals surface area contributed by atoms with Crippen molar-refractivity contribution in [3.05, 3.63) is 42.0 Å². The van der Waals surface area contributed by atoms with Gasteiger partial charge in [0.05, 0.1) is 0 Å². The van der Waals surface area contributed by atoms with Crippen molar-refractivity contribution >= 4 is 47.2 Å². The highest BCUT2D eigenvalue weighted by molar-refractivity contribution is 6.14. The Bertz CT molecular complexity index is 1160. The molecule has 0 unspecified atom stereocenters. The molecule has 14 heteroatoms. The van der Waals surface area contributed by atoms with Gasteiger partial charge in [0, 0.05) is 30.8 Å². The molecule has 0 saturated carbocycles. The zero-order valence-corrected chi connectivity index (χ0v) is 23.2. The predicted molar refractivity (Wildman–Crippen MR) is 147 cm³/mol. The van der Waals surface area contributed by atoms with Gasteiger partial charge in [-0.05, 0) is 36.5 Å². The molecule has 0 saturated heterocycles. The number of nitrogens with one attached hydrogen (secondary N) is 4. The Kier molecular flexibility index (Phi) is 12.5. The minimum absolute atomic E-state index is 0.0886. The first kappa shape index (κ1) is 32.5. The quantitative estimate of drug-likeness (QED) is 0.110. The van der Waals surface area contributed by atoms with Gasteiger partial charge in [0.25, 0.3) is 11.8 Å². The number of nitrogens with zero attached hydrogens (tertiary/aromatic N) is 1. The molecule has 14 nitrogen and oxygen atoms in total. The second-order valence-electron chi connectivity index (χ2n) is 9.58. The fraction of sp³-hybridized carbons (Fsp3) is 0.444. The molecule has 222 valence electrons. The van der Waals surface area contributed by atoms with Gasteiger partial charge in [-0.15, -0.1) is 0 Å². The molecule has 1 aromatic rings. The molecule has 1 aliphatic heterocycles. The maximum atomic E-state index is 13.2. The summed E-state index contributed by atoms with van der Waals surface area (Å²) in [6, 6.07) is 3.74. The van der Waals surface area contributed by atoms with Crippen molar-refractivity contribution in [1.29, 1.82) is 0 Å². The van der Waals surface area contributed by atoms with Crippen molar-refractivity contribution in [2.75, 3.05) is 18.4 Å². The van der Waals surface area contributed by atoms with E-state index in [1.54, 1.807) is 45.0 Å². The molecular formula is C27H36N6O8. The Morgan fingerprint density at radius 2 is 1.59 bits per heavy atom. The van der Waals surface area contributed by atoms with Crippen molar-refractivity contribution in [3.63, 3.8) is 0 Å². The van der Waals surface area contributed by atoms with Gasteiger partial charge in [0.2, 0.25) is 17.7 Å². The maximum Gasteiger partial charge on any atom is 0.312 e. The molecule has 2 atom stereocenters. The lowest BCUT2D eigenvalue weighted by Gasteiger charge is -2.26. The zero-order valence-electron chi connectivity index (χ0n) is 23.2. The third kappa shape index (κ3) is 10.7. The van der Waals surface area contributed by atoms with E-state index in [1.165, 1.54) is 0 Å². The normalized spacial score (nSPS) is 13.9. The Morgan fingerprint density at radius 3 is 2.15 bits per heavy atom. The predicted octanol–water partition coefficient (Wildman–Crippen LogP) is 0.0774. The van der Waals surface area contributed by atoms with Gasteiger partial charge in [-0.2, -0.15) is 0 Å². The second-order valence-corrected chi connectivity index (χ2v) is 9.58. The first-order valence-electron chi connectivity index (χ1n) is 13.1. The minimum atomic E-state index is -1.08. The number of amides is 7. The highest BCUT2D eigenvalue weighted by atomic mass is 16.5. The van der Waals surface area contributed by atoms with Crippen LogP contribution in [0.2, 0.25) is 0 Å². The van der Waals surface area contributed by atoms with Crippen molar-refractivity contribution in [3.8, 4) is 0 Å². The molecule has 1 aliphatic rings. The van der Waals surface area contributed by atoms with E-state index in [0.717, 1.165) is 22.6 Å².